The van der Waals surface area contributed by atoms with E-state index in [9.17, 15) is 9.18 Å². The van der Waals surface area contributed by atoms with E-state index in [1.807, 2.05) is 6.92 Å². The summed E-state index contributed by atoms with van der Waals surface area (Å²) in [7, 11) is 0. The first kappa shape index (κ1) is 13.8. The minimum atomic E-state index is -1.07. The topological polar surface area (TPSA) is 63.3 Å². The maximum atomic E-state index is 13.5. The third-order valence-corrected chi connectivity index (χ3v) is 4.37. The van der Waals surface area contributed by atoms with Crippen LogP contribution in [0.25, 0.3) is 10.4 Å². The first-order valence-corrected chi connectivity index (χ1v) is 6.75. The van der Waals surface area contributed by atoms with Gasteiger partial charge in [-0.05, 0) is 29.7 Å². The van der Waals surface area contributed by atoms with E-state index in [0.717, 1.165) is 16.9 Å². The van der Waals surface area contributed by atoms with Crippen molar-refractivity contribution < 1.29 is 14.3 Å². The molecular formula is C13H11ClFNO2S. The zero-order chi connectivity index (χ0) is 14.2. The Morgan fingerprint density at radius 3 is 2.74 bits per heavy atom. The van der Waals surface area contributed by atoms with Gasteiger partial charge in [0, 0.05) is 4.88 Å². The lowest BCUT2D eigenvalue weighted by Gasteiger charge is -2.03. The summed E-state index contributed by atoms with van der Waals surface area (Å²) in [5.74, 6) is -1.61. The summed E-state index contributed by atoms with van der Waals surface area (Å²) in [4.78, 5) is 11.9. The van der Waals surface area contributed by atoms with Gasteiger partial charge in [-0.3, -0.25) is 0 Å². The Morgan fingerprint density at radius 1 is 1.53 bits per heavy atom. The molecule has 3 nitrogen and oxygen atoms in total. The fraction of sp³-hybridized carbons (Fsp3) is 0.154. The molecule has 1 aromatic carbocycles. The maximum absolute atomic E-state index is 13.5. The second kappa shape index (κ2) is 5.19. The van der Waals surface area contributed by atoms with Crippen molar-refractivity contribution >= 4 is 34.6 Å². The Bertz CT molecular complexity index is 654. The highest BCUT2D eigenvalue weighted by Gasteiger charge is 2.20. The molecule has 0 radical (unpaired) electrons. The number of carboxylic acid groups (broad SMARTS) is 1. The van der Waals surface area contributed by atoms with E-state index in [2.05, 4.69) is 0 Å². The van der Waals surface area contributed by atoms with Crippen LogP contribution in [0.1, 0.15) is 22.2 Å². The molecule has 3 N–H and O–H groups in total. The molecule has 0 bridgehead atoms. The van der Waals surface area contributed by atoms with Crippen LogP contribution in [0.3, 0.4) is 0 Å². The molecule has 0 amide bonds. The van der Waals surface area contributed by atoms with Crippen LogP contribution >= 0.6 is 22.9 Å². The lowest BCUT2D eigenvalue weighted by Crippen LogP contribution is -1.99. The van der Waals surface area contributed by atoms with Crippen molar-refractivity contribution in [3.63, 3.8) is 0 Å². The minimum Gasteiger partial charge on any atom is -0.477 e. The molecule has 0 aliphatic carbocycles. The van der Waals surface area contributed by atoms with Crippen LogP contribution in [0.2, 0.25) is 5.02 Å². The van der Waals surface area contributed by atoms with Crippen LogP contribution < -0.4 is 5.73 Å². The summed E-state index contributed by atoms with van der Waals surface area (Å²) in [6, 6.07) is 4.39. The summed E-state index contributed by atoms with van der Waals surface area (Å²) in [5, 5.41) is 9.11. The van der Waals surface area contributed by atoms with Crippen molar-refractivity contribution in [1.29, 1.82) is 0 Å². The second-order valence-corrected chi connectivity index (χ2v) is 5.37. The number of anilines is 1. The van der Waals surface area contributed by atoms with Crippen molar-refractivity contribution in [2.24, 2.45) is 0 Å². The van der Waals surface area contributed by atoms with Gasteiger partial charge in [-0.25, -0.2) is 9.18 Å². The number of carboxylic acids is 1. The molecule has 19 heavy (non-hydrogen) atoms. The first-order chi connectivity index (χ1) is 8.95. The molecular weight excluding hydrogens is 289 g/mol. The molecule has 0 fully saturated rings. The second-order valence-electron chi connectivity index (χ2n) is 3.94. The van der Waals surface area contributed by atoms with E-state index >= 15 is 0 Å². The van der Waals surface area contributed by atoms with Gasteiger partial charge in [-0.15, -0.1) is 11.3 Å². The fourth-order valence-electron chi connectivity index (χ4n) is 1.86. The number of aromatic carboxylic acids is 1. The fourth-order valence-corrected chi connectivity index (χ4v) is 3.12. The molecule has 0 unspecified atom stereocenters. The molecule has 2 aromatic rings. The Morgan fingerprint density at radius 2 is 2.21 bits per heavy atom. The number of carbonyl (C=O) groups is 1. The number of nitrogens with two attached hydrogens (primary N) is 1. The number of nitrogen functional groups attached to an aromatic ring is 1. The summed E-state index contributed by atoms with van der Waals surface area (Å²) < 4.78 is 13.5. The highest BCUT2D eigenvalue weighted by Crippen LogP contribution is 2.39. The van der Waals surface area contributed by atoms with E-state index in [-0.39, 0.29) is 15.6 Å². The number of benzene rings is 1. The lowest BCUT2D eigenvalue weighted by atomic mass is 10.1. The molecule has 0 aliphatic heterocycles. The average Bonchev–Trinajstić information content (AvgIpc) is 2.70. The molecule has 0 atom stereocenters. The third-order valence-electron chi connectivity index (χ3n) is 2.78. The van der Waals surface area contributed by atoms with Gasteiger partial charge in [0.1, 0.15) is 10.7 Å². The van der Waals surface area contributed by atoms with Crippen LogP contribution in [0.15, 0.2) is 18.2 Å². The van der Waals surface area contributed by atoms with E-state index < -0.39 is 11.8 Å². The first-order valence-electron chi connectivity index (χ1n) is 5.55. The number of rotatable bonds is 3. The summed E-state index contributed by atoms with van der Waals surface area (Å²) in [5.41, 5.74) is 7.40. The number of thiophene rings is 1. The van der Waals surface area contributed by atoms with Gasteiger partial charge in [0.2, 0.25) is 0 Å². The number of hydrogen-bond acceptors (Lipinski definition) is 3. The quantitative estimate of drug-likeness (QED) is 0.898. The maximum Gasteiger partial charge on any atom is 0.348 e. The molecule has 100 valence electrons. The van der Waals surface area contributed by atoms with Gasteiger partial charge in [-0.1, -0.05) is 24.6 Å². The zero-order valence-corrected chi connectivity index (χ0v) is 11.6. The number of halogens is 2. The third kappa shape index (κ3) is 2.43. The molecule has 0 saturated heterocycles. The normalized spacial score (nSPS) is 10.7. The van der Waals surface area contributed by atoms with Crippen molar-refractivity contribution in [2.45, 2.75) is 13.3 Å². The smallest absolute Gasteiger partial charge is 0.348 e. The molecule has 1 heterocycles. The highest BCUT2D eigenvalue weighted by atomic mass is 35.5. The van der Waals surface area contributed by atoms with Gasteiger partial charge >= 0.3 is 5.97 Å². The largest absolute Gasteiger partial charge is 0.477 e. The van der Waals surface area contributed by atoms with Crippen molar-refractivity contribution in [1.82, 2.24) is 0 Å². The van der Waals surface area contributed by atoms with Gasteiger partial charge in [-0.2, -0.15) is 0 Å². The predicted molar refractivity (Wildman–Crippen MR) is 75.5 cm³/mol. The summed E-state index contributed by atoms with van der Waals surface area (Å²) in [6.07, 6.45) is 0.579. The zero-order valence-electron chi connectivity index (χ0n) is 10.0. The van der Waals surface area contributed by atoms with Gasteiger partial charge in [0.05, 0.1) is 10.7 Å². The Hall–Kier alpha value is -1.59. The molecule has 0 aliphatic rings. The average molecular weight is 300 g/mol. The minimum absolute atomic E-state index is 0.0322. The summed E-state index contributed by atoms with van der Waals surface area (Å²) >= 11 is 6.69. The Kier molecular flexibility index (Phi) is 3.78. The van der Waals surface area contributed by atoms with E-state index in [4.69, 9.17) is 22.4 Å². The van der Waals surface area contributed by atoms with Crippen molar-refractivity contribution in [3.8, 4) is 10.4 Å². The van der Waals surface area contributed by atoms with Crippen molar-refractivity contribution in [3.05, 3.63) is 39.5 Å². The van der Waals surface area contributed by atoms with E-state index in [0.29, 0.717) is 16.9 Å². The molecule has 0 spiro atoms. The molecule has 0 saturated carbocycles. The van der Waals surface area contributed by atoms with E-state index in [1.54, 1.807) is 6.07 Å². The van der Waals surface area contributed by atoms with Crippen LogP contribution in [-0.2, 0) is 6.42 Å². The lowest BCUT2D eigenvalue weighted by molar-refractivity contribution is 0.0703. The van der Waals surface area contributed by atoms with Crippen LogP contribution in [-0.4, -0.2) is 11.1 Å². The van der Waals surface area contributed by atoms with Crippen LogP contribution in [0.5, 0.6) is 0 Å². The molecule has 2 rings (SSSR count). The van der Waals surface area contributed by atoms with Gasteiger partial charge in [0.15, 0.2) is 0 Å². The van der Waals surface area contributed by atoms with E-state index in [1.165, 1.54) is 12.1 Å². The molecule has 6 heteroatoms. The monoisotopic (exact) mass is 299 g/mol. The highest BCUT2D eigenvalue weighted by molar-refractivity contribution is 7.18. The Balaban J connectivity index is 2.64. The van der Waals surface area contributed by atoms with Gasteiger partial charge < -0.3 is 10.8 Å². The number of hydrogen-bond donors (Lipinski definition) is 2. The predicted octanol–water partition coefficient (Wildman–Crippen LogP) is 4.05. The standard InChI is InChI=1S/C13H11ClFNO2S/c1-2-7-10(16)12(13(17)18)19-11(7)6-3-4-8(14)9(15)5-6/h3-5H,2,16H2,1H3,(H,17,18). The summed E-state index contributed by atoms with van der Waals surface area (Å²) in [6.45, 7) is 1.87. The van der Waals surface area contributed by atoms with Crippen LogP contribution in [0, 0.1) is 5.82 Å². The van der Waals surface area contributed by atoms with Crippen molar-refractivity contribution in [2.75, 3.05) is 5.73 Å². The molecule has 1 aromatic heterocycles. The van der Waals surface area contributed by atoms with Crippen LogP contribution in [0.4, 0.5) is 10.1 Å². The SMILES string of the molecule is CCc1c(-c2ccc(Cl)c(F)c2)sc(C(=O)O)c1N. The Labute approximate surface area is 118 Å². The van der Waals surface area contributed by atoms with Gasteiger partial charge in [0.25, 0.3) is 0 Å².